The Kier molecular flexibility index (Phi) is 2.19. The lowest BCUT2D eigenvalue weighted by atomic mass is 10.1. The van der Waals surface area contributed by atoms with Crippen LogP contribution in [0.4, 0.5) is 0 Å². The number of thiazole rings is 1. The summed E-state index contributed by atoms with van der Waals surface area (Å²) in [4.78, 5) is 15.6. The van der Waals surface area contributed by atoms with Crippen LogP contribution >= 0.6 is 11.3 Å². The minimum atomic E-state index is 0.0242. The molecular weight excluding hydrogens is 172 g/mol. The quantitative estimate of drug-likeness (QED) is 0.696. The lowest BCUT2D eigenvalue weighted by molar-refractivity contribution is 0.0952. The van der Waals surface area contributed by atoms with E-state index >= 15 is 0 Å². The Bertz CT molecular complexity index is 265. The van der Waals surface area contributed by atoms with Crippen molar-refractivity contribution in [1.82, 2.24) is 10.3 Å². The Morgan fingerprint density at radius 2 is 2.67 bits per heavy atom. The summed E-state index contributed by atoms with van der Waals surface area (Å²) in [6.07, 6.45) is 3.73. The van der Waals surface area contributed by atoms with Crippen molar-refractivity contribution in [3.05, 3.63) is 16.6 Å². The second kappa shape index (κ2) is 3.33. The van der Waals surface area contributed by atoms with Crippen molar-refractivity contribution < 1.29 is 4.79 Å². The molecule has 2 rings (SSSR count). The van der Waals surface area contributed by atoms with E-state index in [9.17, 15) is 4.79 Å². The molecule has 4 heteroatoms. The Hall–Kier alpha value is -0.740. The first-order valence-corrected chi connectivity index (χ1v) is 4.93. The van der Waals surface area contributed by atoms with Crippen LogP contribution in [0.1, 0.15) is 22.6 Å². The molecule has 1 atom stereocenters. The van der Waals surface area contributed by atoms with Crippen molar-refractivity contribution in [3.8, 4) is 0 Å². The van der Waals surface area contributed by atoms with E-state index in [1.807, 2.05) is 5.38 Å². The zero-order valence-corrected chi connectivity index (χ0v) is 7.43. The normalized spacial score (nSPS) is 22.8. The number of hydrogen-bond acceptors (Lipinski definition) is 4. The van der Waals surface area contributed by atoms with E-state index in [-0.39, 0.29) is 11.8 Å². The van der Waals surface area contributed by atoms with Gasteiger partial charge >= 0.3 is 0 Å². The van der Waals surface area contributed by atoms with Crippen LogP contribution in [0.15, 0.2) is 11.6 Å². The van der Waals surface area contributed by atoms with Gasteiger partial charge in [-0.05, 0) is 19.4 Å². The van der Waals surface area contributed by atoms with E-state index in [1.165, 1.54) is 11.3 Å². The minimum absolute atomic E-state index is 0.0242. The number of ketones is 1. The van der Waals surface area contributed by atoms with E-state index in [0.717, 1.165) is 19.4 Å². The molecule has 1 aliphatic heterocycles. The molecule has 0 spiro atoms. The molecule has 1 N–H and O–H groups in total. The number of nitrogens with one attached hydrogen (secondary N) is 1. The zero-order valence-electron chi connectivity index (χ0n) is 6.62. The van der Waals surface area contributed by atoms with Crippen LogP contribution in [0.2, 0.25) is 0 Å². The first-order valence-electron chi connectivity index (χ1n) is 4.05. The largest absolute Gasteiger partial charge is 0.307 e. The van der Waals surface area contributed by atoms with Gasteiger partial charge in [0.1, 0.15) is 0 Å². The summed E-state index contributed by atoms with van der Waals surface area (Å²) in [5.74, 6) is 0.155. The molecule has 0 bridgehead atoms. The van der Waals surface area contributed by atoms with E-state index in [2.05, 4.69) is 10.3 Å². The first-order chi connectivity index (χ1) is 5.88. The highest BCUT2D eigenvalue weighted by Crippen LogP contribution is 2.13. The van der Waals surface area contributed by atoms with Crippen LogP contribution in [0, 0.1) is 0 Å². The number of carbonyl (C=O) groups is 1. The molecule has 0 radical (unpaired) electrons. The van der Waals surface area contributed by atoms with Gasteiger partial charge in [0.05, 0.1) is 6.04 Å². The van der Waals surface area contributed by atoms with Crippen molar-refractivity contribution in [3.63, 3.8) is 0 Å². The van der Waals surface area contributed by atoms with Gasteiger partial charge in [-0.15, -0.1) is 11.3 Å². The van der Waals surface area contributed by atoms with Gasteiger partial charge in [0.25, 0.3) is 0 Å². The Balaban J connectivity index is 2.09. The van der Waals surface area contributed by atoms with Gasteiger partial charge in [-0.3, -0.25) is 4.79 Å². The first kappa shape index (κ1) is 7.89. The van der Waals surface area contributed by atoms with Crippen molar-refractivity contribution >= 4 is 17.1 Å². The summed E-state index contributed by atoms with van der Waals surface area (Å²) in [6.45, 7) is 0.960. The zero-order chi connectivity index (χ0) is 8.39. The van der Waals surface area contributed by atoms with Crippen molar-refractivity contribution in [2.75, 3.05) is 6.54 Å². The number of rotatable bonds is 2. The number of carbonyl (C=O) groups excluding carboxylic acids is 1. The Morgan fingerprint density at radius 1 is 1.75 bits per heavy atom. The van der Waals surface area contributed by atoms with Gasteiger partial charge in [0.2, 0.25) is 5.78 Å². The van der Waals surface area contributed by atoms with Gasteiger partial charge in [0, 0.05) is 11.6 Å². The number of hydrogen-bond donors (Lipinski definition) is 1. The second-order valence-electron chi connectivity index (χ2n) is 2.85. The summed E-state index contributed by atoms with van der Waals surface area (Å²) in [6, 6.07) is 0.0242. The average molecular weight is 182 g/mol. The summed E-state index contributed by atoms with van der Waals surface area (Å²) in [5, 5.41) is 5.63. The number of Topliss-reactive ketones (excluding diaryl/α,β-unsaturated/α-hetero) is 1. The Morgan fingerprint density at radius 3 is 3.25 bits per heavy atom. The molecule has 0 saturated carbocycles. The maximum Gasteiger partial charge on any atom is 0.208 e. The molecule has 0 unspecified atom stereocenters. The highest BCUT2D eigenvalue weighted by atomic mass is 32.1. The van der Waals surface area contributed by atoms with E-state index in [0.29, 0.717) is 5.01 Å². The van der Waals surface area contributed by atoms with Gasteiger partial charge in [-0.25, -0.2) is 4.98 Å². The third kappa shape index (κ3) is 1.40. The molecule has 1 saturated heterocycles. The molecule has 1 fully saturated rings. The van der Waals surface area contributed by atoms with Gasteiger partial charge in [-0.2, -0.15) is 0 Å². The fraction of sp³-hybridized carbons (Fsp3) is 0.500. The van der Waals surface area contributed by atoms with Crippen LogP contribution in [-0.2, 0) is 0 Å². The standard InChI is InChI=1S/C8H10N2OS/c11-7(6-2-1-3-9-6)8-10-4-5-12-8/h4-6,9H,1-3H2/t6-/m1/s1. The maximum atomic E-state index is 11.6. The lowest BCUT2D eigenvalue weighted by Crippen LogP contribution is -2.30. The van der Waals surface area contributed by atoms with Crippen LogP contribution in [0.3, 0.4) is 0 Å². The van der Waals surface area contributed by atoms with Gasteiger partial charge < -0.3 is 5.32 Å². The van der Waals surface area contributed by atoms with Crippen LogP contribution in [0.25, 0.3) is 0 Å². The average Bonchev–Trinajstić information content (AvgIpc) is 2.77. The van der Waals surface area contributed by atoms with Crippen LogP contribution < -0.4 is 5.32 Å². The molecule has 12 heavy (non-hydrogen) atoms. The van der Waals surface area contributed by atoms with E-state index < -0.39 is 0 Å². The summed E-state index contributed by atoms with van der Waals surface area (Å²) in [7, 11) is 0. The van der Waals surface area contributed by atoms with Crippen molar-refractivity contribution in [2.24, 2.45) is 0 Å². The molecule has 64 valence electrons. The monoisotopic (exact) mass is 182 g/mol. The molecule has 1 aliphatic rings. The molecule has 0 amide bonds. The Labute approximate surface area is 74.8 Å². The molecule has 2 heterocycles. The molecule has 0 aliphatic carbocycles. The maximum absolute atomic E-state index is 11.6. The summed E-state index contributed by atoms with van der Waals surface area (Å²) < 4.78 is 0. The lowest BCUT2D eigenvalue weighted by Gasteiger charge is -2.04. The molecular formula is C8H10N2OS. The third-order valence-corrected chi connectivity index (χ3v) is 2.81. The SMILES string of the molecule is O=C(c1nccs1)[C@H]1CCCN1. The van der Waals surface area contributed by atoms with Crippen LogP contribution in [-0.4, -0.2) is 23.4 Å². The smallest absolute Gasteiger partial charge is 0.208 e. The van der Waals surface area contributed by atoms with Gasteiger partial charge in [0.15, 0.2) is 5.01 Å². The number of nitrogens with zero attached hydrogens (tertiary/aromatic N) is 1. The molecule has 1 aromatic rings. The van der Waals surface area contributed by atoms with Gasteiger partial charge in [-0.1, -0.05) is 0 Å². The topological polar surface area (TPSA) is 42.0 Å². The predicted octanol–water partition coefficient (Wildman–Crippen LogP) is 1.08. The fourth-order valence-electron chi connectivity index (χ4n) is 1.40. The van der Waals surface area contributed by atoms with Crippen LogP contribution in [0.5, 0.6) is 0 Å². The number of aromatic nitrogens is 1. The third-order valence-electron chi connectivity index (χ3n) is 2.02. The second-order valence-corrected chi connectivity index (χ2v) is 3.75. The summed E-state index contributed by atoms with van der Waals surface area (Å²) >= 11 is 1.42. The van der Waals surface area contributed by atoms with E-state index in [1.54, 1.807) is 6.20 Å². The molecule has 0 aromatic carbocycles. The van der Waals surface area contributed by atoms with Crippen molar-refractivity contribution in [1.29, 1.82) is 0 Å². The van der Waals surface area contributed by atoms with Crippen molar-refractivity contribution in [2.45, 2.75) is 18.9 Å². The molecule has 3 nitrogen and oxygen atoms in total. The fourth-order valence-corrected chi connectivity index (χ4v) is 2.03. The summed E-state index contributed by atoms with van der Waals surface area (Å²) in [5.41, 5.74) is 0. The predicted molar refractivity (Wildman–Crippen MR) is 47.5 cm³/mol. The molecule has 1 aromatic heterocycles. The minimum Gasteiger partial charge on any atom is -0.307 e. The highest BCUT2D eigenvalue weighted by molar-refractivity contribution is 7.11. The highest BCUT2D eigenvalue weighted by Gasteiger charge is 2.24. The van der Waals surface area contributed by atoms with E-state index in [4.69, 9.17) is 0 Å².